The summed E-state index contributed by atoms with van der Waals surface area (Å²) in [6, 6.07) is 21.2. The normalized spacial score (nSPS) is 11.4. The van der Waals surface area contributed by atoms with Crippen LogP contribution in [0.15, 0.2) is 60.7 Å². The molecule has 0 aliphatic heterocycles. The van der Waals surface area contributed by atoms with Gasteiger partial charge >= 0.3 is 0 Å². The van der Waals surface area contributed by atoms with Gasteiger partial charge in [0, 0.05) is 17.2 Å². The molecule has 1 aromatic heterocycles. The zero-order valence-electron chi connectivity index (χ0n) is 17.9. The van der Waals surface area contributed by atoms with Gasteiger partial charge in [-0.05, 0) is 69.5 Å². The molecule has 0 fully saturated rings. The van der Waals surface area contributed by atoms with Crippen molar-refractivity contribution in [3.05, 3.63) is 82.9 Å². The second-order valence-corrected chi connectivity index (χ2v) is 7.98. The third kappa shape index (κ3) is 3.53. The van der Waals surface area contributed by atoms with Crippen molar-refractivity contribution in [1.82, 2.24) is 9.55 Å². The van der Waals surface area contributed by atoms with E-state index in [0.717, 1.165) is 28.2 Å². The summed E-state index contributed by atoms with van der Waals surface area (Å²) in [7, 11) is 0. The number of hydrogen-bond donors (Lipinski definition) is 0. The number of hydrogen-bond acceptors (Lipinski definition) is 2. The molecule has 4 rings (SSSR count). The molecule has 29 heavy (non-hydrogen) atoms. The van der Waals surface area contributed by atoms with E-state index < -0.39 is 0 Å². The zero-order chi connectivity index (χ0) is 20.5. The molecule has 0 aliphatic carbocycles. The summed E-state index contributed by atoms with van der Waals surface area (Å²) in [4.78, 5) is 5.00. The maximum Gasteiger partial charge on any atom is 0.141 e. The Bertz CT molecular complexity index is 1160. The van der Waals surface area contributed by atoms with E-state index in [0.29, 0.717) is 12.6 Å². The lowest BCUT2D eigenvalue weighted by Gasteiger charge is -2.20. The summed E-state index contributed by atoms with van der Waals surface area (Å²) in [6.07, 6.45) is 0. The highest BCUT2D eigenvalue weighted by Gasteiger charge is 2.20. The SMILES string of the molecule is Cc1cc(-c2nc3ccccc3n2C(C)C)c(C)c(OCc2ccccc2)c1C. The number of rotatable bonds is 5. The molecule has 148 valence electrons. The molecule has 0 spiro atoms. The van der Waals surface area contributed by atoms with Gasteiger partial charge < -0.3 is 9.30 Å². The summed E-state index contributed by atoms with van der Waals surface area (Å²) in [5.41, 5.74) is 8.05. The van der Waals surface area contributed by atoms with Crippen molar-refractivity contribution in [3.63, 3.8) is 0 Å². The van der Waals surface area contributed by atoms with Gasteiger partial charge in [-0.2, -0.15) is 0 Å². The van der Waals surface area contributed by atoms with Crippen LogP contribution in [0, 0.1) is 20.8 Å². The van der Waals surface area contributed by atoms with E-state index in [4.69, 9.17) is 9.72 Å². The zero-order valence-corrected chi connectivity index (χ0v) is 17.9. The Morgan fingerprint density at radius 1 is 0.897 bits per heavy atom. The van der Waals surface area contributed by atoms with Crippen LogP contribution in [0.5, 0.6) is 5.75 Å². The summed E-state index contributed by atoms with van der Waals surface area (Å²) in [6.45, 7) is 11.4. The molecule has 3 heteroatoms. The van der Waals surface area contributed by atoms with E-state index in [2.05, 4.69) is 75.6 Å². The second-order valence-electron chi connectivity index (χ2n) is 7.98. The predicted molar refractivity (Wildman–Crippen MR) is 121 cm³/mol. The quantitative estimate of drug-likeness (QED) is 0.379. The van der Waals surface area contributed by atoms with E-state index in [1.807, 2.05) is 24.3 Å². The maximum atomic E-state index is 6.33. The van der Waals surface area contributed by atoms with E-state index in [-0.39, 0.29) is 0 Å². The first-order valence-electron chi connectivity index (χ1n) is 10.2. The van der Waals surface area contributed by atoms with Crippen LogP contribution in [0.25, 0.3) is 22.4 Å². The van der Waals surface area contributed by atoms with Crippen molar-refractivity contribution < 1.29 is 4.74 Å². The molecule has 3 aromatic carbocycles. The Morgan fingerprint density at radius 3 is 2.31 bits per heavy atom. The molecular weight excluding hydrogens is 356 g/mol. The molecule has 4 aromatic rings. The van der Waals surface area contributed by atoms with Crippen molar-refractivity contribution in [1.29, 1.82) is 0 Å². The average Bonchev–Trinajstić information content (AvgIpc) is 3.11. The molecule has 0 saturated carbocycles. The van der Waals surface area contributed by atoms with Crippen molar-refractivity contribution >= 4 is 11.0 Å². The predicted octanol–water partition coefficient (Wildman–Crippen LogP) is 6.79. The average molecular weight is 385 g/mol. The number of aryl methyl sites for hydroxylation is 1. The topological polar surface area (TPSA) is 27.1 Å². The molecular formula is C26H28N2O. The van der Waals surface area contributed by atoms with Crippen molar-refractivity contribution in [2.75, 3.05) is 0 Å². The van der Waals surface area contributed by atoms with Gasteiger partial charge in [0.05, 0.1) is 11.0 Å². The summed E-state index contributed by atoms with van der Waals surface area (Å²) in [5, 5.41) is 0. The Morgan fingerprint density at radius 2 is 1.59 bits per heavy atom. The lowest BCUT2D eigenvalue weighted by atomic mass is 9.98. The van der Waals surface area contributed by atoms with Gasteiger partial charge in [-0.25, -0.2) is 4.98 Å². The second kappa shape index (κ2) is 7.75. The first-order chi connectivity index (χ1) is 14.0. The third-order valence-corrected chi connectivity index (χ3v) is 5.62. The Kier molecular flexibility index (Phi) is 5.14. The van der Waals surface area contributed by atoms with Gasteiger partial charge in [0.1, 0.15) is 18.2 Å². The van der Waals surface area contributed by atoms with Crippen molar-refractivity contribution in [2.24, 2.45) is 0 Å². The van der Waals surface area contributed by atoms with E-state index in [1.165, 1.54) is 22.2 Å². The fraction of sp³-hybridized carbons (Fsp3) is 0.269. The minimum Gasteiger partial charge on any atom is -0.488 e. The lowest BCUT2D eigenvalue weighted by Crippen LogP contribution is -2.06. The largest absolute Gasteiger partial charge is 0.488 e. The van der Waals surface area contributed by atoms with E-state index in [9.17, 15) is 0 Å². The molecule has 0 N–H and O–H groups in total. The maximum absolute atomic E-state index is 6.33. The van der Waals surface area contributed by atoms with Crippen LogP contribution in [-0.4, -0.2) is 9.55 Å². The number of para-hydroxylation sites is 2. The van der Waals surface area contributed by atoms with Gasteiger partial charge in [-0.3, -0.25) is 0 Å². The van der Waals surface area contributed by atoms with Gasteiger partial charge in [0.25, 0.3) is 0 Å². The van der Waals surface area contributed by atoms with Crippen LogP contribution >= 0.6 is 0 Å². The van der Waals surface area contributed by atoms with Gasteiger partial charge in [-0.1, -0.05) is 42.5 Å². The monoisotopic (exact) mass is 384 g/mol. The number of imidazole rings is 1. The molecule has 0 atom stereocenters. The van der Waals surface area contributed by atoms with Crippen LogP contribution in [0.1, 0.15) is 42.1 Å². The Labute approximate surface area is 173 Å². The number of aromatic nitrogens is 2. The van der Waals surface area contributed by atoms with E-state index in [1.54, 1.807) is 0 Å². The van der Waals surface area contributed by atoms with Crippen molar-refractivity contribution in [2.45, 2.75) is 47.3 Å². The summed E-state index contributed by atoms with van der Waals surface area (Å²) >= 11 is 0. The highest BCUT2D eigenvalue weighted by atomic mass is 16.5. The fourth-order valence-corrected chi connectivity index (χ4v) is 3.95. The minimum absolute atomic E-state index is 0.312. The summed E-state index contributed by atoms with van der Waals surface area (Å²) < 4.78 is 8.66. The first kappa shape index (κ1) is 19.3. The van der Waals surface area contributed by atoms with Crippen LogP contribution in [0.3, 0.4) is 0 Å². The molecule has 3 nitrogen and oxygen atoms in total. The van der Waals surface area contributed by atoms with Gasteiger partial charge in [0.2, 0.25) is 0 Å². The molecule has 0 aliphatic rings. The molecule has 0 unspecified atom stereocenters. The van der Waals surface area contributed by atoms with Crippen LogP contribution in [0.4, 0.5) is 0 Å². The lowest BCUT2D eigenvalue weighted by molar-refractivity contribution is 0.302. The third-order valence-electron chi connectivity index (χ3n) is 5.62. The number of benzene rings is 3. The summed E-state index contributed by atoms with van der Waals surface area (Å²) in [5.74, 6) is 1.97. The van der Waals surface area contributed by atoms with Gasteiger partial charge in [-0.15, -0.1) is 0 Å². The Hall–Kier alpha value is -3.07. The standard InChI is InChI=1S/C26H28N2O/c1-17(2)28-24-14-10-9-13-23(24)27-26(28)22-15-18(3)19(4)25(20(22)5)29-16-21-11-7-6-8-12-21/h6-15,17H,16H2,1-5H3. The Balaban J connectivity index is 1.84. The highest BCUT2D eigenvalue weighted by Crippen LogP contribution is 2.37. The molecule has 0 amide bonds. The number of nitrogens with zero attached hydrogens (tertiary/aromatic N) is 2. The molecule has 0 saturated heterocycles. The molecule has 1 heterocycles. The van der Waals surface area contributed by atoms with Crippen LogP contribution < -0.4 is 4.74 Å². The minimum atomic E-state index is 0.312. The fourth-order valence-electron chi connectivity index (χ4n) is 3.95. The number of fused-ring (bicyclic) bond motifs is 1. The molecule has 0 radical (unpaired) electrons. The van der Waals surface area contributed by atoms with Crippen LogP contribution in [-0.2, 0) is 6.61 Å². The molecule has 0 bridgehead atoms. The smallest absolute Gasteiger partial charge is 0.141 e. The van der Waals surface area contributed by atoms with Crippen molar-refractivity contribution in [3.8, 4) is 17.1 Å². The first-order valence-corrected chi connectivity index (χ1v) is 10.2. The van der Waals surface area contributed by atoms with Crippen LogP contribution in [0.2, 0.25) is 0 Å². The van der Waals surface area contributed by atoms with E-state index >= 15 is 0 Å². The number of ether oxygens (including phenoxy) is 1. The highest BCUT2D eigenvalue weighted by molar-refractivity contribution is 5.82. The van der Waals surface area contributed by atoms with Gasteiger partial charge in [0.15, 0.2) is 0 Å².